The van der Waals surface area contributed by atoms with Crippen LogP contribution in [0.15, 0.2) is 29.8 Å². The quantitative estimate of drug-likeness (QED) is 0.521. The predicted octanol–water partition coefficient (Wildman–Crippen LogP) is 2.25. The number of rotatable bonds is 4. The molecule has 0 aliphatic rings. The van der Waals surface area contributed by atoms with Crippen LogP contribution in [-0.2, 0) is 6.54 Å². The second kappa shape index (κ2) is 5.79. The molecule has 2 aromatic rings. The first kappa shape index (κ1) is 12.1. The van der Waals surface area contributed by atoms with Gasteiger partial charge in [-0.1, -0.05) is 23.4 Å². The standard InChI is InChI=1S/C10H10ClN5S/c1-17-10-15-8(11)4-9(16-10)13-5-7-2-3-12-6-14-7/h2-4,6H,5H2,1H3,(H,13,15,16). The summed E-state index contributed by atoms with van der Waals surface area (Å²) in [5.41, 5.74) is 0.889. The van der Waals surface area contributed by atoms with Crippen LogP contribution in [0.25, 0.3) is 0 Å². The minimum absolute atomic E-state index is 0.425. The lowest BCUT2D eigenvalue weighted by atomic mass is 10.4. The molecule has 0 aliphatic heterocycles. The summed E-state index contributed by atoms with van der Waals surface area (Å²) in [4.78, 5) is 16.3. The van der Waals surface area contributed by atoms with E-state index in [0.29, 0.717) is 22.7 Å². The molecule has 5 nitrogen and oxygen atoms in total. The molecule has 0 saturated heterocycles. The highest BCUT2D eigenvalue weighted by atomic mass is 35.5. The molecule has 0 amide bonds. The number of nitrogens with one attached hydrogen (secondary N) is 1. The molecule has 0 spiro atoms. The van der Waals surface area contributed by atoms with Crippen molar-refractivity contribution in [2.24, 2.45) is 0 Å². The number of aromatic nitrogens is 4. The van der Waals surface area contributed by atoms with Gasteiger partial charge in [0.15, 0.2) is 5.16 Å². The fourth-order valence-corrected chi connectivity index (χ4v) is 1.80. The molecule has 0 saturated carbocycles. The van der Waals surface area contributed by atoms with Gasteiger partial charge < -0.3 is 5.32 Å². The Morgan fingerprint density at radius 1 is 1.41 bits per heavy atom. The Labute approximate surface area is 108 Å². The van der Waals surface area contributed by atoms with Gasteiger partial charge in [-0.3, -0.25) is 0 Å². The molecule has 1 N–H and O–H groups in total. The second-order valence-electron chi connectivity index (χ2n) is 3.12. The molecule has 0 bridgehead atoms. The average Bonchev–Trinajstić information content (AvgIpc) is 2.37. The Morgan fingerprint density at radius 3 is 3.00 bits per heavy atom. The van der Waals surface area contributed by atoms with Gasteiger partial charge in [0.2, 0.25) is 0 Å². The van der Waals surface area contributed by atoms with Crippen molar-refractivity contribution in [3.05, 3.63) is 35.5 Å². The van der Waals surface area contributed by atoms with Crippen molar-refractivity contribution in [1.29, 1.82) is 0 Å². The Bertz CT molecular complexity index is 493. The number of nitrogens with zero attached hydrogens (tertiary/aromatic N) is 4. The molecule has 17 heavy (non-hydrogen) atoms. The van der Waals surface area contributed by atoms with Gasteiger partial charge in [-0.15, -0.1) is 0 Å². The summed E-state index contributed by atoms with van der Waals surface area (Å²) in [6.07, 6.45) is 5.11. The molecule has 0 aromatic carbocycles. The molecule has 0 atom stereocenters. The van der Waals surface area contributed by atoms with E-state index in [1.165, 1.54) is 18.1 Å². The molecular formula is C10H10ClN5S. The Kier molecular flexibility index (Phi) is 4.11. The molecule has 0 radical (unpaired) electrons. The van der Waals surface area contributed by atoms with E-state index in [1.54, 1.807) is 12.3 Å². The summed E-state index contributed by atoms with van der Waals surface area (Å²) >= 11 is 7.33. The molecule has 7 heteroatoms. The third-order valence-corrected chi connectivity index (χ3v) is 2.69. The van der Waals surface area contributed by atoms with Crippen LogP contribution in [0.5, 0.6) is 0 Å². The van der Waals surface area contributed by atoms with Crippen LogP contribution in [0, 0.1) is 0 Å². The van der Waals surface area contributed by atoms with E-state index in [9.17, 15) is 0 Å². The smallest absolute Gasteiger partial charge is 0.190 e. The summed E-state index contributed by atoms with van der Waals surface area (Å²) in [5, 5.41) is 4.20. The monoisotopic (exact) mass is 267 g/mol. The highest BCUT2D eigenvalue weighted by Gasteiger charge is 2.02. The maximum Gasteiger partial charge on any atom is 0.190 e. The first-order chi connectivity index (χ1) is 8.28. The van der Waals surface area contributed by atoms with Crippen LogP contribution in [0.1, 0.15) is 5.69 Å². The van der Waals surface area contributed by atoms with Crippen LogP contribution in [-0.4, -0.2) is 26.2 Å². The third-order valence-electron chi connectivity index (χ3n) is 1.95. The van der Waals surface area contributed by atoms with Crippen molar-refractivity contribution in [2.45, 2.75) is 11.7 Å². The highest BCUT2D eigenvalue weighted by molar-refractivity contribution is 7.98. The van der Waals surface area contributed by atoms with Crippen molar-refractivity contribution in [3.63, 3.8) is 0 Å². The normalized spacial score (nSPS) is 10.2. The second-order valence-corrected chi connectivity index (χ2v) is 4.28. The van der Waals surface area contributed by atoms with Crippen LogP contribution in [0.3, 0.4) is 0 Å². The zero-order chi connectivity index (χ0) is 12.1. The fourth-order valence-electron chi connectivity index (χ4n) is 1.18. The van der Waals surface area contributed by atoms with Gasteiger partial charge in [0, 0.05) is 12.3 Å². The van der Waals surface area contributed by atoms with E-state index >= 15 is 0 Å². The van der Waals surface area contributed by atoms with E-state index in [2.05, 4.69) is 25.3 Å². The van der Waals surface area contributed by atoms with Crippen molar-refractivity contribution in [3.8, 4) is 0 Å². The van der Waals surface area contributed by atoms with Gasteiger partial charge in [0.05, 0.1) is 12.2 Å². The van der Waals surface area contributed by atoms with Gasteiger partial charge in [0.25, 0.3) is 0 Å². The van der Waals surface area contributed by atoms with Crippen LogP contribution < -0.4 is 5.32 Å². The third kappa shape index (κ3) is 3.54. The molecule has 0 unspecified atom stereocenters. The average molecular weight is 268 g/mol. The zero-order valence-corrected chi connectivity index (χ0v) is 10.7. The maximum atomic E-state index is 5.88. The van der Waals surface area contributed by atoms with Crippen molar-refractivity contribution in [1.82, 2.24) is 19.9 Å². The molecular weight excluding hydrogens is 258 g/mol. The molecule has 88 valence electrons. The lowest BCUT2D eigenvalue weighted by molar-refractivity contribution is 0.940. The van der Waals surface area contributed by atoms with E-state index in [0.717, 1.165) is 5.69 Å². The van der Waals surface area contributed by atoms with Gasteiger partial charge in [-0.05, 0) is 12.3 Å². The zero-order valence-electron chi connectivity index (χ0n) is 9.09. The Balaban J connectivity index is 2.06. The van der Waals surface area contributed by atoms with Crippen LogP contribution in [0.2, 0.25) is 5.15 Å². The van der Waals surface area contributed by atoms with E-state index in [-0.39, 0.29) is 0 Å². The number of hydrogen-bond acceptors (Lipinski definition) is 6. The first-order valence-corrected chi connectivity index (χ1v) is 6.45. The van der Waals surface area contributed by atoms with Crippen molar-refractivity contribution in [2.75, 3.05) is 11.6 Å². The first-order valence-electron chi connectivity index (χ1n) is 4.85. The highest BCUT2D eigenvalue weighted by Crippen LogP contribution is 2.17. The lowest BCUT2D eigenvalue weighted by Gasteiger charge is -2.06. The molecule has 2 aromatic heterocycles. The fraction of sp³-hybridized carbons (Fsp3) is 0.200. The predicted molar refractivity (Wildman–Crippen MR) is 68.2 cm³/mol. The van der Waals surface area contributed by atoms with Gasteiger partial charge in [-0.25, -0.2) is 19.9 Å². The number of thioether (sulfide) groups is 1. The summed E-state index contributed by atoms with van der Waals surface area (Å²) in [5.74, 6) is 0.688. The number of hydrogen-bond donors (Lipinski definition) is 1. The minimum Gasteiger partial charge on any atom is -0.364 e. The summed E-state index contributed by atoms with van der Waals surface area (Å²) < 4.78 is 0. The summed E-state index contributed by atoms with van der Waals surface area (Å²) in [6.45, 7) is 0.573. The van der Waals surface area contributed by atoms with Gasteiger partial charge in [-0.2, -0.15) is 0 Å². The molecule has 2 rings (SSSR count). The van der Waals surface area contributed by atoms with E-state index < -0.39 is 0 Å². The molecule has 2 heterocycles. The SMILES string of the molecule is CSc1nc(Cl)cc(NCc2ccncn2)n1. The van der Waals surface area contributed by atoms with Crippen molar-refractivity contribution < 1.29 is 0 Å². The van der Waals surface area contributed by atoms with Crippen molar-refractivity contribution >= 4 is 29.2 Å². The summed E-state index contributed by atoms with van der Waals surface area (Å²) in [7, 11) is 0. The van der Waals surface area contributed by atoms with Crippen LogP contribution in [0.4, 0.5) is 5.82 Å². The maximum absolute atomic E-state index is 5.88. The number of anilines is 1. The Morgan fingerprint density at radius 2 is 2.29 bits per heavy atom. The topological polar surface area (TPSA) is 63.6 Å². The van der Waals surface area contributed by atoms with E-state index in [4.69, 9.17) is 11.6 Å². The minimum atomic E-state index is 0.425. The molecule has 0 aliphatic carbocycles. The van der Waals surface area contributed by atoms with E-state index in [1.807, 2.05) is 12.3 Å². The molecule has 0 fully saturated rings. The van der Waals surface area contributed by atoms with Gasteiger partial charge in [0.1, 0.15) is 17.3 Å². The van der Waals surface area contributed by atoms with Crippen LogP contribution >= 0.6 is 23.4 Å². The number of halogens is 1. The lowest BCUT2D eigenvalue weighted by Crippen LogP contribution is -2.04. The Hall–Kier alpha value is -1.40. The largest absolute Gasteiger partial charge is 0.364 e. The van der Waals surface area contributed by atoms with Gasteiger partial charge >= 0.3 is 0 Å². The summed E-state index contributed by atoms with van der Waals surface area (Å²) in [6, 6.07) is 3.52.